The van der Waals surface area contributed by atoms with Gasteiger partial charge in [0.2, 0.25) is 0 Å². The highest BCUT2D eigenvalue weighted by Gasteiger charge is 2.24. The molecule has 4 rings (SSSR count). The first-order chi connectivity index (χ1) is 12.6. The van der Waals surface area contributed by atoms with Gasteiger partial charge in [0.15, 0.2) is 17.6 Å². The molecule has 0 spiro atoms. The van der Waals surface area contributed by atoms with Crippen LogP contribution in [0.15, 0.2) is 48.5 Å². The first-order valence-corrected chi connectivity index (χ1v) is 8.55. The van der Waals surface area contributed by atoms with Gasteiger partial charge < -0.3 is 14.2 Å². The Morgan fingerprint density at radius 3 is 2.69 bits per heavy atom. The molecule has 0 unspecified atom stereocenters. The van der Waals surface area contributed by atoms with Gasteiger partial charge in [0.25, 0.3) is 0 Å². The second-order valence-electron chi connectivity index (χ2n) is 6.31. The van der Waals surface area contributed by atoms with E-state index in [1.807, 2.05) is 62.4 Å². The molecule has 0 bridgehead atoms. The number of para-hydroxylation sites is 3. The fraction of sp³-hybridized carbons (Fsp3) is 0.238. The van der Waals surface area contributed by atoms with E-state index < -0.39 is 0 Å². The molecule has 0 fully saturated rings. The molecule has 2 aromatic carbocycles. The van der Waals surface area contributed by atoms with Crippen molar-refractivity contribution in [1.82, 2.24) is 4.98 Å². The van der Waals surface area contributed by atoms with Crippen LogP contribution < -0.4 is 9.47 Å². The zero-order valence-corrected chi connectivity index (χ0v) is 14.7. The average Bonchev–Trinajstić information content (AvgIpc) is 2.66. The number of pyridine rings is 1. The van der Waals surface area contributed by atoms with Crippen LogP contribution in [0, 0.1) is 13.8 Å². The normalized spacial score (nSPS) is 15.7. The van der Waals surface area contributed by atoms with Crippen molar-refractivity contribution in [2.75, 3.05) is 13.2 Å². The quantitative estimate of drug-likeness (QED) is 0.672. The third kappa shape index (κ3) is 2.96. The standard InChI is InChI=1S/C21H19NO4/c1-13-16-7-3-4-8-17(16)22-14(2)20(13)21(23)25-12-15-11-24-18-9-5-6-10-19(18)26-15/h3-10,15H,11-12H2,1-2H3/t15-/m1/s1. The van der Waals surface area contributed by atoms with Crippen LogP contribution >= 0.6 is 0 Å². The highest BCUT2D eigenvalue weighted by molar-refractivity contribution is 5.98. The number of esters is 1. The predicted octanol–water partition coefficient (Wildman–Crippen LogP) is 3.85. The summed E-state index contributed by atoms with van der Waals surface area (Å²) in [5.74, 6) is 0.987. The van der Waals surface area contributed by atoms with Crippen molar-refractivity contribution in [2.45, 2.75) is 20.0 Å². The number of nitrogens with zero attached hydrogens (tertiary/aromatic N) is 1. The third-order valence-electron chi connectivity index (χ3n) is 4.50. The molecular formula is C21H19NO4. The summed E-state index contributed by atoms with van der Waals surface area (Å²) in [6.07, 6.45) is -0.331. The summed E-state index contributed by atoms with van der Waals surface area (Å²) in [6, 6.07) is 15.2. The largest absolute Gasteiger partial charge is 0.486 e. The Morgan fingerprint density at radius 1 is 1.12 bits per heavy atom. The van der Waals surface area contributed by atoms with Gasteiger partial charge in [-0.3, -0.25) is 4.98 Å². The number of fused-ring (bicyclic) bond motifs is 2. The molecule has 132 valence electrons. The maximum Gasteiger partial charge on any atom is 0.340 e. The maximum atomic E-state index is 12.7. The van der Waals surface area contributed by atoms with Crippen LogP contribution in [0.5, 0.6) is 11.5 Å². The SMILES string of the molecule is Cc1nc2ccccc2c(C)c1C(=O)OC[C@H]1COc2ccccc2O1. The molecular weight excluding hydrogens is 330 g/mol. The van der Waals surface area contributed by atoms with Gasteiger partial charge in [0.05, 0.1) is 16.8 Å². The van der Waals surface area contributed by atoms with Crippen LogP contribution in [-0.4, -0.2) is 30.3 Å². The molecule has 0 saturated carbocycles. The monoisotopic (exact) mass is 349 g/mol. The Hall–Kier alpha value is -3.08. The Bertz CT molecular complexity index is 983. The number of rotatable bonds is 3. The van der Waals surface area contributed by atoms with E-state index >= 15 is 0 Å². The topological polar surface area (TPSA) is 57.7 Å². The van der Waals surface area contributed by atoms with Gasteiger partial charge in [0.1, 0.15) is 13.2 Å². The fourth-order valence-electron chi connectivity index (χ4n) is 3.22. The summed E-state index contributed by atoms with van der Waals surface area (Å²) in [4.78, 5) is 17.2. The van der Waals surface area contributed by atoms with Crippen molar-refractivity contribution in [3.63, 3.8) is 0 Å². The smallest absolute Gasteiger partial charge is 0.340 e. The van der Waals surface area contributed by atoms with Crippen molar-refractivity contribution >= 4 is 16.9 Å². The molecule has 2 heterocycles. The number of hydrogen-bond acceptors (Lipinski definition) is 5. The molecule has 0 N–H and O–H groups in total. The molecule has 1 aliphatic rings. The summed E-state index contributed by atoms with van der Waals surface area (Å²) >= 11 is 0. The number of benzene rings is 2. The zero-order chi connectivity index (χ0) is 18.1. The lowest BCUT2D eigenvalue weighted by atomic mass is 10.0. The summed E-state index contributed by atoms with van der Waals surface area (Å²) < 4.78 is 17.0. The van der Waals surface area contributed by atoms with Crippen molar-refractivity contribution in [3.05, 3.63) is 65.4 Å². The van der Waals surface area contributed by atoms with Gasteiger partial charge in [0, 0.05) is 5.39 Å². The average molecular weight is 349 g/mol. The molecule has 3 aromatic rings. The molecule has 0 radical (unpaired) electrons. The van der Waals surface area contributed by atoms with E-state index in [1.54, 1.807) is 0 Å². The van der Waals surface area contributed by atoms with Crippen LogP contribution in [0.25, 0.3) is 10.9 Å². The lowest BCUT2D eigenvalue weighted by molar-refractivity contribution is 0.0108. The molecule has 5 heteroatoms. The van der Waals surface area contributed by atoms with E-state index in [4.69, 9.17) is 14.2 Å². The number of carbonyl (C=O) groups is 1. The zero-order valence-electron chi connectivity index (χ0n) is 14.7. The van der Waals surface area contributed by atoms with Gasteiger partial charge in [-0.1, -0.05) is 30.3 Å². The fourth-order valence-corrected chi connectivity index (χ4v) is 3.22. The Kier molecular flexibility index (Phi) is 4.21. The molecule has 0 amide bonds. The van der Waals surface area contributed by atoms with Crippen molar-refractivity contribution in [2.24, 2.45) is 0 Å². The van der Waals surface area contributed by atoms with E-state index in [9.17, 15) is 4.79 Å². The Morgan fingerprint density at radius 2 is 1.85 bits per heavy atom. The maximum absolute atomic E-state index is 12.7. The van der Waals surface area contributed by atoms with Gasteiger partial charge in [-0.2, -0.15) is 0 Å². The van der Waals surface area contributed by atoms with Crippen LogP contribution in [0.2, 0.25) is 0 Å². The number of aryl methyl sites for hydroxylation is 2. The third-order valence-corrected chi connectivity index (χ3v) is 4.50. The lowest BCUT2D eigenvalue weighted by Gasteiger charge is -2.26. The minimum Gasteiger partial charge on any atom is -0.486 e. The highest BCUT2D eigenvalue weighted by Crippen LogP contribution is 2.31. The number of ether oxygens (including phenoxy) is 3. The Labute approximate surface area is 151 Å². The Balaban J connectivity index is 1.50. The van der Waals surface area contributed by atoms with Crippen molar-refractivity contribution in [3.8, 4) is 11.5 Å². The molecule has 5 nitrogen and oxygen atoms in total. The molecule has 26 heavy (non-hydrogen) atoms. The summed E-state index contributed by atoms with van der Waals surface area (Å²) in [6.45, 7) is 4.22. The second-order valence-corrected chi connectivity index (χ2v) is 6.31. The van der Waals surface area contributed by atoms with Crippen molar-refractivity contribution in [1.29, 1.82) is 0 Å². The van der Waals surface area contributed by atoms with Gasteiger partial charge in [-0.05, 0) is 37.6 Å². The first kappa shape index (κ1) is 16.4. The predicted molar refractivity (Wildman–Crippen MR) is 97.9 cm³/mol. The van der Waals surface area contributed by atoms with Gasteiger partial charge >= 0.3 is 5.97 Å². The van der Waals surface area contributed by atoms with Crippen molar-refractivity contribution < 1.29 is 19.0 Å². The number of hydrogen-bond donors (Lipinski definition) is 0. The van der Waals surface area contributed by atoms with E-state index in [1.165, 1.54) is 0 Å². The molecule has 1 atom stereocenters. The van der Waals surface area contributed by atoms with Gasteiger partial charge in [-0.15, -0.1) is 0 Å². The van der Waals surface area contributed by atoms with E-state index in [-0.39, 0.29) is 18.7 Å². The highest BCUT2D eigenvalue weighted by atomic mass is 16.6. The van der Waals surface area contributed by atoms with E-state index in [0.29, 0.717) is 29.4 Å². The molecule has 0 saturated heterocycles. The summed E-state index contributed by atoms with van der Waals surface area (Å²) in [5, 5.41) is 0.955. The molecule has 1 aromatic heterocycles. The molecule has 1 aliphatic heterocycles. The summed E-state index contributed by atoms with van der Waals surface area (Å²) in [5.41, 5.74) is 2.93. The van der Waals surface area contributed by atoms with Crippen LogP contribution in [0.4, 0.5) is 0 Å². The molecule has 0 aliphatic carbocycles. The second kappa shape index (κ2) is 6.67. The minimum absolute atomic E-state index is 0.124. The van der Waals surface area contributed by atoms with Crippen LogP contribution in [0.3, 0.4) is 0 Å². The number of carbonyl (C=O) groups excluding carboxylic acids is 1. The van der Waals surface area contributed by atoms with E-state index in [2.05, 4.69) is 4.98 Å². The van der Waals surface area contributed by atoms with E-state index in [0.717, 1.165) is 16.5 Å². The van der Waals surface area contributed by atoms with Crippen LogP contribution in [0.1, 0.15) is 21.6 Å². The van der Waals surface area contributed by atoms with Crippen LogP contribution in [-0.2, 0) is 4.74 Å². The number of aromatic nitrogens is 1. The minimum atomic E-state index is -0.388. The van der Waals surface area contributed by atoms with Gasteiger partial charge in [-0.25, -0.2) is 4.79 Å². The lowest BCUT2D eigenvalue weighted by Crippen LogP contribution is -2.34. The first-order valence-electron chi connectivity index (χ1n) is 8.55. The summed E-state index contributed by atoms with van der Waals surface area (Å²) in [7, 11) is 0.